The summed E-state index contributed by atoms with van der Waals surface area (Å²) in [7, 11) is 0. The van der Waals surface area contributed by atoms with Crippen molar-refractivity contribution in [3.63, 3.8) is 0 Å². The molecule has 0 fully saturated rings. The van der Waals surface area contributed by atoms with Gasteiger partial charge in [-0.2, -0.15) is 0 Å². The fourth-order valence-electron chi connectivity index (χ4n) is 2.75. The van der Waals surface area contributed by atoms with E-state index in [0.717, 1.165) is 6.54 Å². The van der Waals surface area contributed by atoms with Crippen molar-refractivity contribution in [1.82, 2.24) is 0 Å². The highest BCUT2D eigenvalue weighted by Crippen LogP contribution is 2.11. The first-order chi connectivity index (χ1) is 9.90. The summed E-state index contributed by atoms with van der Waals surface area (Å²) in [5.41, 5.74) is 0. The molecule has 20 heavy (non-hydrogen) atoms. The largest absolute Gasteiger partial charge is 0.205 e. The number of fused-ring (bicyclic) bond motifs is 1. The van der Waals surface area contributed by atoms with Gasteiger partial charge in [0.05, 0.1) is 0 Å². The summed E-state index contributed by atoms with van der Waals surface area (Å²) in [4.78, 5) is 0. The standard InChI is InChI=1S/C19H28N/c1-2-3-4-5-6-7-8-11-15-20-16-14-18-12-9-10-13-19(18)17-20/h9-10,12-14,16-17H,2-8,11,15H2,1H3/q+1. The van der Waals surface area contributed by atoms with E-state index in [0.29, 0.717) is 0 Å². The molecule has 108 valence electrons. The van der Waals surface area contributed by atoms with Crippen LogP contribution in [0.1, 0.15) is 58.3 Å². The van der Waals surface area contributed by atoms with E-state index in [4.69, 9.17) is 0 Å². The molecule has 1 heterocycles. The van der Waals surface area contributed by atoms with Crippen LogP contribution in [0.15, 0.2) is 42.7 Å². The predicted octanol–water partition coefficient (Wildman–Crippen LogP) is 5.27. The number of aryl methyl sites for hydroxylation is 1. The van der Waals surface area contributed by atoms with Crippen molar-refractivity contribution in [1.29, 1.82) is 0 Å². The molecule has 0 unspecified atom stereocenters. The van der Waals surface area contributed by atoms with Gasteiger partial charge in [0, 0.05) is 17.9 Å². The fourth-order valence-corrected chi connectivity index (χ4v) is 2.75. The van der Waals surface area contributed by atoms with Crippen LogP contribution in [-0.4, -0.2) is 0 Å². The van der Waals surface area contributed by atoms with Crippen LogP contribution in [0.5, 0.6) is 0 Å². The van der Waals surface area contributed by atoms with E-state index in [1.807, 2.05) is 0 Å². The molecule has 1 aromatic heterocycles. The number of hydrogen-bond acceptors (Lipinski definition) is 0. The molecule has 0 spiro atoms. The van der Waals surface area contributed by atoms with Crippen molar-refractivity contribution in [2.45, 2.75) is 64.8 Å². The molecule has 0 N–H and O–H groups in total. The Morgan fingerprint density at radius 1 is 0.750 bits per heavy atom. The van der Waals surface area contributed by atoms with E-state index >= 15 is 0 Å². The molecule has 1 heteroatoms. The van der Waals surface area contributed by atoms with E-state index in [1.54, 1.807) is 0 Å². The molecule has 2 rings (SSSR count). The Bertz CT molecular complexity index is 504. The van der Waals surface area contributed by atoms with E-state index in [2.05, 4.69) is 54.2 Å². The second-order valence-electron chi connectivity index (χ2n) is 5.79. The monoisotopic (exact) mass is 270 g/mol. The van der Waals surface area contributed by atoms with Gasteiger partial charge in [0.2, 0.25) is 0 Å². The lowest BCUT2D eigenvalue weighted by molar-refractivity contribution is -0.696. The average Bonchev–Trinajstić information content (AvgIpc) is 2.50. The van der Waals surface area contributed by atoms with Crippen molar-refractivity contribution in [2.75, 3.05) is 0 Å². The van der Waals surface area contributed by atoms with Crippen LogP contribution in [0, 0.1) is 0 Å². The van der Waals surface area contributed by atoms with Crippen LogP contribution in [0.2, 0.25) is 0 Å². The Kier molecular flexibility index (Phi) is 6.56. The topological polar surface area (TPSA) is 3.88 Å². The molecule has 0 radical (unpaired) electrons. The summed E-state index contributed by atoms with van der Waals surface area (Å²) in [6, 6.07) is 10.8. The van der Waals surface area contributed by atoms with E-state index in [-0.39, 0.29) is 0 Å². The first kappa shape index (κ1) is 15.0. The zero-order chi connectivity index (χ0) is 14.0. The summed E-state index contributed by atoms with van der Waals surface area (Å²) < 4.78 is 2.33. The zero-order valence-corrected chi connectivity index (χ0v) is 12.9. The Morgan fingerprint density at radius 3 is 2.15 bits per heavy atom. The molecule has 0 saturated heterocycles. The molecular weight excluding hydrogens is 242 g/mol. The summed E-state index contributed by atoms with van der Waals surface area (Å²) in [5.74, 6) is 0. The Morgan fingerprint density at radius 2 is 1.40 bits per heavy atom. The van der Waals surface area contributed by atoms with Gasteiger partial charge in [-0.1, -0.05) is 63.6 Å². The molecule has 1 nitrogen and oxygen atoms in total. The van der Waals surface area contributed by atoms with Crippen molar-refractivity contribution < 1.29 is 4.57 Å². The molecule has 2 aromatic rings. The number of hydrogen-bond donors (Lipinski definition) is 0. The lowest BCUT2D eigenvalue weighted by atomic mass is 10.1. The van der Waals surface area contributed by atoms with E-state index in [9.17, 15) is 0 Å². The smallest absolute Gasteiger partial charge is 0.176 e. The average molecular weight is 270 g/mol. The van der Waals surface area contributed by atoms with Gasteiger partial charge in [0.15, 0.2) is 12.4 Å². The Hall–Kier alpha value is -1.37. The first-order valence-corrected chi connectivity index (χ1v) is 8.28. The SMILES string of the molecule is CCCCCCCCCC[n+]1ccc2ccccc2c1. The molecule has 0 bridgehead atoms. The summed E-state index contributed by atoms with van der Waals surface area (Å²) in [5, 5.41) is 2.68. The van der Waals surface area contributed by atoms with Gasteiger partial charge in [-0.25, -0.2) is 4.57 Å². The van der Waals surface area contributed by atoms with Crippen LogP contribution in [0.3, 0.4) is 0 Å². The van der Waals surface area contributed by atoms with Gasteiger partial charge >= 0.3 is 0 Å². The number of pyridine rings is 1. The summed E-state index contributed by atoms with van der Waals surface area (Å²) >= 11 is 0. The highest BCUT2D eigenvalue weighted by Gasteiger charge is 2.02. The van der Waals surface area contributed by atoms with Crippen LogP contribution < -0.4 is 4.57 Å². The first-order valence-electron chi connectivity index (χ1n) is 8.28. The molecular formula is C19H28N+. The second-order valence-corrected chi connectivity index (χ2v) is 5.79. The number of aromatic nitrogens is 1. The van der Waals surface area contributed by atoms with Crippen molar-refractivity contribution >= 4 is 10.8 Å². The van der Waals surface area contributed by atoms with Gasteiger partial charge in [-0.15, -0.1) is 0 Å². The zero-order valence-electron chi connectivity index (χ0n) is 12.9. The maximum absolute atomic E-state index is 2.33. The minimum absolute atomic E-state index is 1.15. The maximum Gasteiger partial charge on any atom is 0.176 e. The molecule has 0 aliphatic carbocycles. The molecule has 0 atom stereocenters. The number of nitrogens with zero attached hydrogens (tertiary/aromatic N) is 1. The van der Waals surface area contributed by atoms with Crippen LogP contribution in [0.4, 0.5) is 0 Å². The lowest BCUT2D eigenvalue weighted by Crippen LogP contribution is -2.32. The molecule has 0 saturated carbocycles. The summed E-state index contributed by atoms with van der Waals surface area (Å²) in [6.45, 7) is 3.43. The second kappa shape index (κ2) is 8.73. The Labute approximate surface area is 123 Å². The van der Waals surface area contributed by atoms with Gasteiger partial charge < -0.3 is 0 Å². The number of benzene rings is 1. The van der Waals surface area contributed by atoms with E-state index in [1.165, 1.54) is 62.1 Å². The normalized spacial score (nSPS) is 11.1. The van der Waals surface area contributed by atoms with Gasteiger partial charge in [0.25, 0.3) is 0 Å². The maximum atomic E-state index is 2.33. The minimum Gasteiger partial charge on any atom is -0.205 e. The van der Waals surface area contributed by atoms with E-state index < -0.39 is 0 Å². The quantitative estimate of drug-likeness (QED) is 0.432. The highest BCUT2D eigenvalue weighted by molar-refractivity contribution is 5.80. The van der Waals surface area contributed by atoms with Crippen molar-refractivity contribution in [3.8, 4) is 0 Å². The lowest BCUT2D eigenvalue weighted by Gasteiger charge is -2.01. The van der Waals surface area contributed by atoms with Crippen molar-refractivity contribution in [2.24, 2.45) is 0 Å². The van der Waals surface area contributed by atoms with Crippen LogP contribution in [0.25, 0.3) is 10.8 Å². The third-order valence-corrected chi connectivity index (χ3v) is 4.02. The predicted molar refractivity (Wildman–Crippen MR) is 86.8 cm³/mol. The summed E-state index contributed by atoms with van der Waals surface area (Å²) in [6.07, 6.45) is 15.6. The van der Waals surface area contributed by atoms with Crippen molar-refractivity contribution in [3.05, 3.63) is 42.7 Å². The van der Waals surface area contributed by atoms with Gasteiger partial charge in [0.1, 0.15) is 6.54 Å². The number of unbranched alkanes of at least 4 members (excludes halogenated alkanes) is 7. The molecule has 0 aliphatic rings. The van der Waals surface area contributed by atoms with Gasteiger partial charge in [-0.05, 0) is 17.9 Å². The highest BCUT2D eigenvalue weighted by atomic mass is 14.9. The molecule has 0 amide bonds. The fraction of sp³-hybridized carbons (Fsp3) is 0.526. The van der Waals surface area contributed by atoms with Crippen LogP contribution in [-0.2, 0) is 6.54 Å². The molecule has 0 aliphatic heterocycles. The third kappa shape index (κ3) is 4.96. The van der Waals surface area contributed by atoms with Gasteiger partial charge in [-0.3, -0.25) is 0 Å². The third-order valence-electron chi connectivity index (χ3n) is 4.02. The number of rotatable bonds is 9. The Balaban J connectivity index is 1.65. The minimum atomic E-state index is 1.15. The molecule has 1 aromatic carbocycles. The van der Waals surface area contributed by atoms with Crippen LogP contribution >= 0.6 is 0 Å².